The summed E-state index contributed by atoms with van der Waals surface area (Å²) in [6.45, 7) is 0. The fraction of sp³-hybridized carbons (Fsp3) is 0.818. The minimum absolute atomic E-state index is 0.497. The van der Waals surface area contributed by atoms with Crippen LogP contribution in [0.2, 0.25) is 0 Å². The molecule has 0 unspecified atom stereocenters. The Bertz CT molecular complexity index is 523. The van der Waals surface area contributed by atoms with E-state index in [-0.39, 0.29) is 0 Å². The molecule has 0 saturated heterocycles. The van der Waals surface area contributed by atoms with Crippen LogP contribution in [-0.4, -0.2) is 11.6 Å². The number of carbonyl (C=O) groups excluding carboxylic acids is 2. The molecule has 0 aromatic carbocycles. The van der Waals surface area contributed by atoms with Crippen LogP contribution >= 0.6 is 0 Å². The van der Waals surface area contributed by atoms with E-state index in [1.807, 2.05) is 0 Å². The van der Waals surface area contributed by atoms with Gasteiger partial charge in [0.2, 0.25) is 0 Å². The molecule has 0 spiro atoms. The molecule has 2 rings (SSSR count). The highest BCUT2D eigenvalue weighted by Gasteiger charge is 2.03. The molecule has 2 aliphatic carbocycles. The number of hydrogen-bond donors (Lipinski definition) is 0. The van der Waals surface area contributed by atoms with Crippen LogP contribution in [0.25, 0.3) is 0 Å². The van der Waals surface area contributed by atoms with E-state index in [9.17, 15) is 9.59 Å². The Morgan fingerprint density at radius 1 is 0.286 bits per heavy atom. The molecule has 0 bridgehead atoms. The molecule has 35 heavy (non-hydrogen) atoms. The average molecular weight is 487 g/mol. The maximum atomic E-state index is 11.6. The lowest BCUT2D eigenvalue weighted by Gasteiger charge is -2.03. The highest BCUT2D eigenvalue weighted by atomic mass is 16.1. The predicted octanol–water partition coefficient (Wildman–Crippen LogP) is 10.8. The SMILES string of the molecule is O=C1CCCCCC/C=C/CCCCCCC1.O=C1CCCCCCC/C=C/CCCCCCC1. The Labute approximate surface area is 218 Å². The van der Waals surface area contributed by atoms with Crippen molar-refractivity contribution in [1.82, 2.24) is 0 Å². The minimum Gasteiger partial charge on any atom is -0.300 e. The van der Waals surface area contributed by atoms with Crippen LogP contribution in [0, 0.1) is 0 Å². The molecule has 0 atom stereocenters. The van der Waals surface area contributed by atoms with E-state index in [2.05, 4.69) is 24.3 Å². The van der Waals surface area contributed by atoms with Crippen molar-refractivity contribution in [3.05, 3.63) is 24.3 Å². The summed E-state index contributed by atoms with van der Waals surface area (Å²) < 4.78 is 0. The molecule has 2 heteroatoms. The molecule has 0 N–H and O–H groups in total. The molecule has 0 radical (unpaired) electrons. The van der Waals surface area contributed by atoms with Gasteiger partial charge in [-0.25, -0.2) is 0 Å². The van der Waals surface area contributed by atoms with Crippen LogP contribution in [0.5, 0.6) is 0 Å². The van der Waals surface area contributed by atoms with Gasteiger partial charge in [-0.15, -0.1) is 0 Å². The first-order valence-electron chi connectivity index (χ1n) is 15.6. The van der Waals surface area contributed by atoms with E-state index in [0.717, 1.165) is 51.4 Å². The van der Waals surface area contributed by atoms with Crippen molar-refractivity contribution < 1.29 is 9.59 Å². The molecule has 0 aromatic rings. The molecule has 2 nitrogen and oxygen atoms in total. The van der Waals surface area contributed by atoms with Gasteiger partial charge in [0.1, 0.15) is 11.6 Å². The molecule has 202 valence electrons. The Morgan fingerprint density at radius 2 is 0.486 bits per heavy atom. The van der Waals surface area contributed by atoms with Crippen LogP contribution in [-0.2, 0) is 9.59 Å². The minimum atomic E-state index is 0.497. The van der Waals surface area contributed by atoms with Crippen LogP contribution in [0.1, 0.15) is 173 Å². The highest BCUT2D eigenvalue weighted by Crippen LogP contribution is 2.14. The zero-order valence-corrected chi connectivity index (χ0v) is 23.2. The van der Waals surface area contributed by atoms with Crippen molar-refractivity contribution in [2.45, 2.75) is 173 Å². The Morgan fingerprint density at radius 3 is 0.743 bits per heavy atom. The van der Waals surface area contributed by atoms with Gasteiger partial charge in [0.15, 0.2) is 0 Å². The first-order valence-corrected chi connectivity index (χ1v) is 15.6. The Hall–Kier alpha value is -1.18. The van der Waals surface area contributed by atoms with Gasteiger partial charge in [0.25, 0.3) is 0 Å². The normalized spacial score (nSPS) is 24.3. The van der Waals surface area contributed by atoms with Gasteiger partial charge in [-0.3, -0.25) is 9.59 Å². The zero-order chi connectivity index (χ0) is 25.1. The van der Waals surface area contributed by atoms with Crippen molar-refractivity contribution in [2.75, 3.05) is 0 Å². The molecule has 0 amide bonds. The smallest absolute Gasteiger partial charge is 0.132 e. The van der Waals surface area contributed by atoms with Crippen molar-refractivity contribution in [1.29, 1.82) is 0 Å². The molecular formula is C33H58O2. The number of rotatable bonds is 0. The number of Topliss-reactive ketones (excluding diaryl/α,β-unsaturated/α-hetero) is 2. The number of ketones is 2. The number of allylic oxidation sites excluding steroid dienone is 4. The maximum Gasteiger partial charge on any atom is 0.132 e. The third kappa shape index (κ3) is 24.3. The van der Waals surface area contributed by atoms with E-state index in [0.29, 0.717) is 11.6 Å². The molecule has 0 saturated carbocycles. The van der Waals surface area contributed by atoms with Crippen molar-refractivity contribution in [3.8, 4) is 0 Å². The van der Waals surface area contributed by atoms with E-state index in [4.69, 9.17) is 0 Å². The third-order valence-corrected chi connectivity index (χ3v) is 7.39. The third-order valence-electron chi connectivity index (χ3n) is 7.39. The van der Waals surface area contributed by atoms with Crippen molar-refractivity contribution >= 4 is 11.6 Å². The van der Waals surface area contributed by atoms with Gasteiger partial charge in [-0.1, -0.05) is 94.9 Å². The first-order chi connectivity index (χ1) is 17.3. The molecule has 0 aromatic heterocycles. The molecule has 0 heterocycles. The van der Waals surface area contributed by atoms with E-state index in [1.165, 1.54) is 122 Å². The fourth-order valence-corrected chi connectivity index (χ4v) is 5.00. The average Bonchev–Trinajstić information content (AvgIpc) is 2.85. The summed E-state index contributed by atoms with van der Waals surface area (Å²) in [5.41, 5.74) is 0. The summed E-state index contributed by atoms with van der Waals surface area (Å²) in [5, 5.41) is 0. The molecular weight excluding hydrogens is 428 g/mol. The topological polar surface area (TPSA) is 34.1 Å². The summed E-state index contributed by atoms with van der Waals surface area (Å²) in [6.07, 6.45) is 41.6. The lowest BCUT2D eigenvalue weighted by atomic mass is 10.0. The lowest BCUT2D eigenvalue weighted by molar-refractivity contribution is -0.120. The van der Waals surface area contributed by atoms with Gasteiger partial charge in [-0.2, -0.15) is 0 Å². The Kier molecular flexibility index (Phi) is 23.6. The first kappa shape index (κ1) is 31.8. The number of hydrogen-bond acceptors (Lipinski definition) is 2. The van der Waals surface area contributed by atoms with Gasteiger partial charge < -0.3 is 0 Å². The van der Waals surface area contributed by atoms with E-state index < -0.39 is 0 Å². The molecule has 0 fully saturated rings. The van der Waals surface area contributed by atoms with Gasteiger partial charge in [0.05, 0.1) is 0 Å². The largest absolute Gasteiger partial charge is 0.300 e. The van der Waals surface area contributed by atoms with Gasteiger partial charge in [0, 0.05) is 25.7 Å². The molecule has 0 aliphatic heterocycles. The highest BCUT2D eigenvalue weighted by molar-refractivity contribution is 5.78. The predicted molar refractivity (Wildman–Crippen MR) is 153 cm³/mol. The van der Waals surface area contributed by atoms with E-state index >= 15 is 0 Å². The number of carbonyl (C=O) groups is 2. The second-order valence-corrected chi connectivity index (χ2v) is 10.9. The second-order valence-electron chi connectivity index (χ2n) is 10.9. The van der Waals surface area contributed by atoms with Gasteiger partial charge >= 0.3 is 0 Å². The quantitative estimate of drug-likeness (QED) is 0.319. The van der Waals surface area contributed by atoms with Crippen LogP contribution in [0.3, 0.4) is 0 Å². The van der Waals surface area contributed by atoms with Gasteiger partial charge in [-0.05, 0) is 77.0 Å². The standard InChI is InChI=1S/C17H30O.C16H28O/c18-17-15-13-11-9-7-5-3-1-2-4-6-8-10-12-14-16-17;17-16-14-12-10-8-6-4-2-1-3-5-7-9-11-13-15-16/h1-2H,3-16H2;1-2H,3-15H2/b2*2-1+. The van der Waals surface area contributed by atoms with Crippen LogP contribution in [0.15, 0.2) is 24.3 Å². The fourth-order valence-electron chi connectivity index (χ4n) is 5.00. The monoisotopic (exact) mass is 486 g/mol. The summed E-state index contributed by atoms with van der Waals surface area (Å²) in [7, 11) is 0. The van der Waals surface area contributed by atoms with Crippen LogP contribution < -0.4 is 0 Å². The van der Waals surface area contributed by atoms with Crippen molar-refractivity contribution in [2.24, 2.45) is 0 Å². The summed E-state index contributed by atoms with van der Waals surface area (Å²) >= 11 is 0. The Balaban J connectivity index is 0.000000351. The second kappa shape index (κ2) is 25.9. The van der Waals surface area contributed by atoms with Crippen LogP contribution in [0.4, 0.5) is 0 Å². The zero-order valence-electron chi connectivity index (χ0n) is 23.2. The molecule has 2 aliphatic rings. The summed E-state index contributed by atoms with van der Waals surface area (Å²) in [5.74, 6) is 0.998. The lowest BCUT2D eigenvalue weighted by Crippen LogP contribution is -1.97. The summed E-state index contributed by atoms with van der Waals surface area (Å²) in [6, 6.07) is 0. The summed E-state index contributed by atoms with van der Waals surface area (Å²) in [4.78, 5) is 23.2. The van der Waals surface area contributed by atoms with E-state index in [1.54, 1.807) is 0 Å². The maximum absolute atomic E-state index is 11.6. The van der Waals surface area contributed by atoms with Crippen molar-refractivity contribution in [3.63, 3.8) is 0 Å².